The second-order valence-corrected chi connectivity index (χ2v) is 4.84. The van der Waals surface area contributed by atoms with Gasteiger partial charge in [-0.3, -0.25) is 10.1 Å². The third-order valence-corrected chi connectivity index (χ3v) is 2.41. The van der Waals surface area contributed by atoms with Crippen molar-refractivity contribution in [3.63, 3.8) is 0 Å². The quantitative estimate of drug-likeness (QED) is 0.467. The highest BCUT2D eigenvalue weighted by molar-refractivity contribution is 5.48. The molecule has 0 spiro atoms. The van der Waals surface area contributed by atoms with E-state index < -0.39 is 4.92 Å². The summed E-state index contributed by atoms with van der Waals surface area (Å²) in [5.41, 5.74) is 1.76. The zero-order valence-electron chi connectivity index (χ0n) is 11.6. The fourth-order valence-electron chi connectivity index (χ4n) is 1.46. The van der Waals surface area contributed by atoms with Crippen LogP contribution in [0, 0.1) is 10.1 Å². The van der Waals surface area contributed by atoms with Gasteiger partial charge in [-0.2, -0.15) is 0 Å². The lowest BCUT2D eigenvalue weighted by Crippen LogP contribution is -2.21. The van der Waals surface area contributed by atoms with Crippen LogP contribution >= 0.6 is 0 Å². The van der Waals surface area contributed by atoms with Crippen LogP contribution in [-0.2, 0) is 6.54 Å². The van der Waals surface area contributed by atoms with Crippen molar-refractivity contribution in [2.75, 3.05) is 6.61 Å². The van der Waals surface area contributed by atoms with Gasteiger partial charge in [-0.1, -0.05) is 26.5 Å². The third-order valence-electron chi connectivity index (χ3n) is 2.41. The molecule has 0 amide bonds. The highest BCUT2D eigenvalue weighted by Crippen LogP contribution is 2.28. The SMILES string of the molecule is C=C(C)COc1cc(CNC(C)C)ccc1[N+](=O)[O-]. The number of nitro benzene ring substituents is 1. The zero-order valence-corrected chi connectivity index (χ0v) is 11.6. The summed E-state index contributed by atoms with van der Waals surface area (Å²) in [6.07, 6.45) is 0. The Kier molecular flexibility index (Phi) is 5.51. The summed E-state index contributed by atoms with van der Waals surface area (Å²) in [5, 5.41) is 14.2. The third kappa shape index (κ3) is 5.09. The van der Waals surface area contributed by atoms with Crippen LogP contribution in [0.3, 0.4) is 0 Å². The lowest BCUT2D eigenvalue weighted by atomic mass is 10.2. The first-order valence-electron chi connectivity index (χ1n) is 6.18. The minimum Gasteiger partial charge on any atom is -0.482 e. The van der Waals surface area contributed by atoms with Crippen molar-refractivity contribution in [2.24, 2.45) is 0 Å². The number of ether oxygens (including phenoxy) is 1. The Morgan fingerprint density at radius 1 is 1.53 bits per heavy atom. The molecule has 1 N–H and O–H groups in total. The van der Waals surface area contributed by atoms with Crippen molar-refractivity contribution >= 4 is 5.69 Å². The number of rotatable bonds is 7. The van der Waals surface area contributed by atoms with Crippen LogP contribution in [0.25, 0.3) is 0 Å². The molecular weight excluding hydrogens is 244 g/mol. The molecule has 1 rings (SSSR count). The van der Waals surface area contributed by atoms with Crippen LogP contribution in [-0.4, -0.2) is 17.6 Å². The molecule has 0 saturated heterocycles. The van der Waals surface area contributed by atoms with E-state index in [1.807, 2.05) is 20.8 Å². The number of benzene rings is 1. The second-order valence-electron chi connectivity index (χ2n) is 4.84. The Bertz CT molecular complexity index is 470. The molecule has 19 heavy (non-hydrogen) atoms. The first-order chi connectivity index (χ1) is 8.90. The molecule has 0 bridgehead atoms. The van der Waals surface area contributed by atoms with Crippen molar-refractivity contribution in [3.8, 4) is 5.75 Å². The van der Waals surface area contributed by atoms with E-state index in [-0.39, 0.29) is 18.0 Å². The van der Waals surface area contributed by atoms with Crippen LogP contribution in [0.15, 0.2) is 30.4 Å². The Balaban J connectivity index is 2.90. The van der Waals surface area contributed by atoms with Crippen LogP contribution in [0.5, 0.6) is 5.75 Å². The minimum absolute atomic E-state index is 0.0189. The number of nitrogens with one attached hydrogen (secondary N) is 1. The van der Waals surface area contributed by atoms with Crippen LogP contribution in [0.4, 0.5) is 5.69 Å². The zero-order chi connectivity index (χ0) is 14.4. The first kappa shape index (κ1) is 15.2. The summed E-state index contributed by atoms with van der Waals surface area (Å²) < 4.78 is 5.44. The summed E-state index contributed by atoms with van der Waals surface area (Å²) in [5.74, 6) is 0.288. The Morgan fingerprint density at radius 3 is 2.74 bits per heavy atom. The molecule has 0 fully saturated rings. The maximum absolute atomic E-state index is 10.9. The van der Waals surface area contributed by atoms with Gasteiger partial charge in [0.05, 0.1) is 4.92 Å². The summed E-state index contributed by atoms with van der Waals surface area (Å²) in [6.45, 7) is 10.6. The average molecular weight is 264 g/mol. The predicted molar refractivity (Wildman–Crippen MR) is 75.4 cm³/mol. The average Bonchev–Trinajstić information content (AvgIpc) is 2.33. The molecule has 0 aromatic heterocycles. The Morgan fingerprint density at radius 2 is 2.21 bits per heavy atom. The second kappa shape index (κ2) is 6.89. The maximum Gasteiger partial charge on any atom is 0.310 e. The largest absolute Gasteiger partial charge is 0.482 e. The van der Waals surface area contributed by atoms with Gasteiger partial charge in [-0.05, 0) is 24.1 Å². The molecule has 5 heteroatoms. The highest BCUT2D eigenvalue weighted by Gasteiger charge is 2.15. The van der Waals surface area contributed by atoms with Gasteiger partial charge in [0.25, 0.3) is 0 Å². The van der Waals surface area contributed by atoms with Crippen LogP contribution in [0.1, 0.15) is 26.3 Å². The topological polar surface area (TPSA) is 64.4 Å². The minimum atomic E-state index is -0.437. The lowest BCUT2D eigenvalue weighted by molar-refractivity contribution is -0.385. The monoisotopic (exact) mass is 264 g/mol. The Labute approximate surface area is 113 Å². The van der Waals surface area contributed by atoms with Crippen molar-refractivity contribution in [1.82, 2.24) is 5.32 Å². The van der Waals surface area contributed by atoms with E-state index in [0.29, 0.717) is 12.6 Å². The molecule has 104 valence electrons. The van der Waals surface area contributed by atoms with Crippen molar-refractivity contribution in [3.05, 3.63) is 46.0 Å². The number of hydrogen-bond donors (Lipinski definition) is 1. The van der Waals surface area contributed by atoms with E-state index in [1.54, 1.807) is 12.1 Å². The number of nitrogens with zero attached hydrogens (tertiary/aromatic N) is 1. The molecule has 0 aliphatic carbocycles. The summed E-state index contributed by atoms with van der Waals surface area (Å²) in [6, 6.07) is 5.28. The van der Waals surface area contributed by atoms with Crippen LogP contribution < -0.4 is 10.1 Å². The van der Waals surface area contributed by atoms with Gasteiger partial charge in [-0.25, -0.2) is 0 Å². The molecule has 0 unspecified atom stereocenters. The van der Waals surface area contributed by atoms with Crippen molar-refractivity contribution in [1.29, 1.82) is 0 Å². The van der Waals surface area contributed by atoms with Crippen molar-refractivity contribution in [2.45, 2.75) is 33.4 Å². The van der Waals surface area contributed by atoms with E-state index in [1.165, 1.54) is 6.07 Å². The molecule has 0 radical (unpaired) electrons. The molecule has 0 aliphatic heterocycles. The smallest absolute Gasteiger partial charge is 0.310 e. The van der Waals surface area contributed by atoms with Gasteiger partial charge in [0.1, 0.15) is 6.61 Å². The van der Waals surface area contributed by atoms with Crippen LogP contribution in [0.2, 0.25) is 0 Å². The van der Waals surface area contributed by atoms with Gasteiger partial charge in [-0.15, -0.1) is 0 Å². The number of hydrogen-bond acceptors (Lipinski definition) is 4. The Hall–Kier alpha value is -1.88. The standard InChI is InChI=1S/C14H20N2O3/c1-10(2)9-19-14-7-12(8-15-11(3)4)5-6-13(14)16(17)18/h5-7,11,15H,1,8-9H2,2-4H3. The molecule has 0 aliphatic rings. The maximum atomic E-state index is 10.9. The molecule has 5 nitrogen and oxygen atoms in total. The first-order valence-corrected chi connectivity index (χ1v) is 6.18. The highest BCUT2D eigenvalue weighted by atomic mass is 16.6. The molecule has 1 aromatic carbocycles. The van der Waals surface area contributed by atoms with E-state index in [0.717, 1.165) is 11.1 Å². The summed E-state index contributed by atoms with van der Waals surface area (Å²) in [7, 11) is 0. The summed E-state index contributed by atoms with van der Waals surface area (Å²) >= 11 is 0. The fourth-order valence-corrected chi connectivity index (χ4v) is 1.46. The molecule has 0 atom stereocenters. The molecule has 0 saturated carbocycles. The van der Waals surface area contributed by atoms with E-state index in [2.05, 4.69) is 11.9 Å². The van der Waals surface area contributed by atoms with E-state index >= 15 is 0 Å². The molecule has 0 heterocycles. The van der Waals surface area contributed by atoms with Gasteiger partial charge in [0.2, 0.25) is 0 Å². The molecule has 1 aromatic rings. The van der Waals surface area contributed by atoms with Gasteiger partial charge < -0.3 is 10.1 Å². The summed E-state index contributed by atoms with van der Waals surface area (Å²) in [4.78, 5) is 10.5. The van der Waals surface area contributed by atoms with Gasteiger partial charge >= 0.3 is 5.69 Å². The van der Waals surface area contributed by atoms with Gasteiger partial charge in [0.15, 0.2) is 5.75 Å². The predicted octanol–water partition coefficient (Wildman–Crippen LogP) is 3.05. The normalized spacial score (nSPS) is 10.5. The van der Waals surface area contributed by atoms with E-state index in [9.17, 15) is 10.1 Å². The number of nitro groups is 1. The van der Waals surface area contributed by atoms with E-state index in [4.69, 9.17) is 4.74 Å². The van der Waals surface area contributed by atoms with Gasteiger partial charge in [0, 0.05) is 18.7 Å². The van der Waals surface area contributed by atoms with Crippen molar-refractivity contribution < 1.29 is 9.66 Å². The fraction of sp³-hybridized carbons (Fsp3) is 0.429. The lowest BCUT2D eigenvalue weighted by Gasteiger charge is -2.11. The molecular formula is C14H20N2O3.